The van der Waals surface area contributed by atoms with Crippen molar-refractivity contribution in [2.45, 2.75) is 6.54 Å². The van der Waals surface area contributed by atoms with E-state index < -0.39 is 0 Å². The fourth-order valence-electron chi connectivity index (χ4n) is 1.43. The van der Waals surface area contributed by atoms with Gasteiger partial charge in [0.2, 0.25) is 0 Å². The first-order valence-electron chi connectivity index (χ1n) is 5.02. The third kappa shape index (κ3) is 2.08. The number of nitrogens with zero attached hydrogens (tertiary/aromatic N) is 2. The van der Waals surface area contributed by atoms with Crippen molar-refractivity contribution in [1.82, 2.24) is 9.55 Å². The Morgan fingerprint density at radius 3 is 2.75 bits per heavy atom. The molecule has 0 spiro atoms. The summed E-state index contributed by atoms with van der Waals surface area (Å²) in [5.74, 6) is 0.968. The SMILES string of the molecule is Cn1ccnc1CNc1ccc(N)c(N)c1. The molecule has 0 fully saturated rings. The number of benzene rings is 1. The van der Waals surface area contributed by atoms with E-state index in [2.05, 4.69) is 10.3 Å². The molecule has 0 saturated carbocycles. The average molecular weight is 217 g/mol. The number of imidazole rings is 1. The Labute approximate surface area is 94.1 Å². The van der Waals surface area contributed by atoms with Crippen LogP contribution in [0.3, 0.4) is 0 Å². The number of aryl methyl sites for hydroxylation is 1. The number of hydrogen-bond acceptors (Lipinski definition) is 4. The molecule has 0 atom stereocenters. The highest BCUT2D eigenvalue weighted by molar-refractivity contribution is 5.69. The Kier molecular flexibility index (Phi) is 2.68. The first-order chi connectivity index (χ1) is 7.66. The standard InChI is InChI=1S/C11H15N5/c1-16-5-4-14-11(16)7-15-8-2-3-9(12)10(13)6-8/h2-6,15H,7,12-13H2,1H3. The van der Waals surface area contributed by atoms with Crippen molar-refractivity contribution in [2.75, 3.05) is 16.8 Å². The number of anilines is 3. The highest BCUT2D eigenvalue weighted by atomic mass is 15.1. The molecule has 0 amide bonds. The number of nitrogen functional groups attached to an aromatic ring is 2. The van der Waals surface area contributed by atoms with E-state index in [0.29, 0.717) is 17.9 Å². The maximum atomic E-state index is 5.71. The van der Waals surface area contributed by atoms with Crippen molar-refractivity contribution in [3.05, 3.63) is 36.4 Å². The van der Waals surface area contributed by atoms with Gasteiger partial charge in [-0.3, -0.25) is 0 Å². The van der Waals surface area contributed by atoms with Crippen LogP contribution < -0.4 is 16.8 Å². The molecule has 1 aromatic heterocycles. The van der Waals surface area contributed by atoms with Crippen molar-refractivity contribution < 1.29 is 0 Å². The molecular weight excluding hydrogens is 202 g/mol. The molecule has 0 bridgehead atoms. The lowest BCUT2D eigenvalue weighted by Crippen LogP contribution is -2.06. The molecule has 2 rings (SSSR count). The van der Waals surface area contributed by atoms with Gasteiger partial charge in [-0.05, 0) is 18.2 Å². The van der Waals surface area contributed by atoms with Crippen molar-refractivity contribution in [2.24, 2.45) is 7.05 Å². The zero-order valence-electron chi connectivity index (χ0n) is 9.14. The van der Waals surface area contributed by atoms with Crippen LogP contribution in [-0.2, 0) is 13.6 Å². The van der Waals surface area contributed by atoms with Crippen LogP contribution in [0.2, 0.25) is 0 Å². The largest absolute Gasteiger partial charge is 0.397 e. The molecule has 5 N–H and O–H groups in total. The third-order valence-corrected chi connectivity index (χ3v) is 2.46. The Hall–Kier alpha value is -2.17. The second-order valence-electron chi connectivity index (χ2n) is 3.65. The molecule has 0 saturated heterocycles. The van der Waals surface area contributed by atoms with Crippen LogP contribution in [0, 0.1) is 0 Å². The summed E-state index contributed by atoms with van der Waals surface area (Å²) in [5, 5.41) is 3.24. The normalized spacial score (nSPS) is 10.3. The van der Waals surface area contributed by atoms with Crippen molar-refractivity contribution in [3.8, 4) is 0 Å². The monoisotopic (exact) mass is 217 g/mol. The number of hydrogen-bond donors (Lipinski definition) is 3. The lowest BCUT2D eigenvalue weighted by atomic mass is 10.2. The minimum absolute atomic E-state index is 0.588. The Morgan fingerprint density at radius 1 is 1.31 bits per heavy atom. The molecule has 0 unspecified atom stereocenters. The van der Waals surface area contributed by atoms with Gasteiger partial charge in [0.1, 0.15) is 5.82 Å². The molecule has 84 valence electrons. The van der Waals surface area contributed by atoms with E-state index in [-0.39, 0.29) is 0 Å². The van der Waals surface area contributed by atoms with Gasteiger partial charge >= 0.3 is 0 Å². The fourth-order valence-corrected chi connectivity index (χ4v) is 1.43. The number of nitrogens with two attached hydrogens (primary N) is 2. The number of nitrogens with one attached hydrogen (secondary N) is 1. The smallest absolute Gasteiger partial charge is 0.127 e. The molecular formula is C11H15N5. The Bertz CT molecular complexity index is 489. The van der Waals surface area contributed by atoms with E-state index in [9.17, 15) is 0 Å². The predicted molar refractivity (Wildman–Crippen MR) is 65.8 cm³/mol. The third-order valence-electron chi connectivity index (χ3n) is 2.46. The topological polar surface area (TPSA) is 81.9 Å². The van der Waals surface area contributed by atoms with E-state index in [1.54, 1.807) is 12.3 Å². The zero-order valence-corrected chi connectivity index (χ0v) is 9.14. The minimum atomic E-state index is 0.588. The van der Waals surface area contributed by atoms with Gasteiger partial charge in [-0.2, -0.15) is 0 Å². The van der Waals surface area contributed by atoms with Crippen LogP contribution in [0.15, 0.2) is 30.6 Å². The Balaban J connectivity index is 2.05. The average Bonchev–Trinajstić information content (AvgIpc) is 2.66. The van der Waals surface area contributed by atoms with E-state index in [1.807, 2.05) is 29.9 Å². The molecule has 5 heteroatoms. The molecule has 2 aromatic rings. The summed E-state index contributed by atoms with van der Waals surface area (Å²) < 4.78 is 1.97. The van der Waals surface area contributed by atoms with Gasteiger partial charge in [-0.25, -0.2) is 4.98 Å². The van der Waals surface area contributed by atoms with E-state index in [4.69, 9.17) is 11.5 Å². The quantitative estimate of drug-likeness (QED) is 0.675. The fraction of sp³-hybridized carbons (Fsp3) is 0.182. The Morgan fingerprint density at radius 2 is 2.12 bits per heavy atom. The lowest BCUT2D eigenvalue weighted by Gasteiger charge is -2.08. The van der Waals surface area contributed by atoms with Crippen molar-refractivity contribution in [3.63, 3.8) is 0 Å². The first-order valence-corrected chi connectivity index (χ1v) is 5.02. The second kappa shape index (κ2) is 4.14. The molecule has 0 aliphatic carbocycles. The van der Waals surface area contributed by atoms with Gasteiger partial charge < -0.3 is 21.4 Å². The van der Waals surface area contributed by atoms with E-state index >= 15 is 0 Å². The summed E-state index contributed by atoms with van der Waals surface area (Å²) in [4.78, 5) is 4.22. The second-order valence-corrected chi connectivity index (χ2v) is 3.65. The van der Waals surface area contributed by atoms with Crippen LogP contribution >= 0.6 is 0 Å². The molecule has 0 radical (unpaired) electrons. The summed E-state index contributed by atoms with van der Waals surface area (Å²) in [5.41, 5.74) is 13.5. The summed E-state index contributed by atoms with van der Waals surface area (Å²) in [6.45, 7) is 0.660. The maximum Gasteiger partial charge on any atom is 0.127 e. The van der Waals surface area contributed by atoms with Gasteiger partial charge in [-0.1, -0.05) is 0 Å². The molecule has 5 nitrogen and oxygen atoms in total. The van der Waals surface area contributed by atoms with Gasteiger partial charge in [0.05, 0.1) is 17.9 Å². The molecule has 1 aromatic carbocycles. The predicted octanol–water partition coefficient (Wildman–Crippen LogP) is 1.20. The van der Waals surface area contributed by atoms with Crippen LogP contribution in [0.1, 0.15) is 5.82 Å². The van der Waals surface area contributed by atoms with Gasteiger partial charge in [0, 0.05) is 25.1 Å². The molecule has 1 heterocycles. The van der Waals surface area contributed by atoms with Gasteiger partial charge in [-0.15, -0.1) is 0 Å². The van der Waals surface area contributed by atoms with Crippen LogP contribution in [0.5, 0.6) is 0 Å². The number of rotatable bonds is 3. The van der Waals surface area contributed by atoms with E-state index in [0.717, 1.165) is 11.5 Å². The summed E-state index contributed by atoms with van der Waals surface area (Å²) in [7, 11) is 1.96. The minimum Gasteiger partial charge on any atom is -0.397 e. The van der Waals surface area contributed by atoms with Crippen molar-refractivity contribution in [1.29, 1.82) is 0 Å². The first kappa shape index (κ1) is 10.4. The lowest BCUT2D eigenvalue weighted by molar-refractivity contribution is 0.813. The van der Waals surface area contributed by atoms with Gasteiger partial charge in [0.15, 0.2) is 0 Å². The molecule has 0 aliphatic heterocycles. The summed E-state index contributed by atoms with van der Waals surface area (Å²) in [6.07, 6.45) is 3.68. The van der Waals surface area contributed by atoms with E-state index in [1.165, 1.54) is 0 Å². The van der Waals surface area contributed by atoms with Crippen LogP contribution in [0.25, 0.3) is 0 Å². The van der Waals surface area contributed by atoms with Crippen molar-refractivity contribution >= 4 is 17.1 Å². The van der Waals surface area contributed by atoms with Gasteiger partial charge in [0.25, 0.3) is 0 Å². The van der Waals surface area contributed by atoms with Crippen LogP contribution in [0.4, 0.5) is 17.1 Å². The molecule has 0 aliphatic rings. The zero-order chi connectivity index (χ0) is 11.5. The summed E-state index contributed by atoms with van der Waals surface area (Å²) in [6, 6.07) is 5.50. The molecule has 16 heavy (non-hydrogen) atoms. The highest BCUT2D eigenvalue weighted by Gasteiger charge is 2.00. The highest BCUT2D eigenvalue weighted by Crippen LogP contribution is 2.19. The summed E-state index contributed by atoms with van der Waals surface area (Å²) >= 11 is 0. The van der Waals surface area contributed by atoms with Crippen LogP contribution in [-0.4, -0.2) is 9.55 Å². The maximum absolute atomic E-state index is 5.71. The number of aromatic nitrogens is 2.